The summed E-state index contributed by atoms with van der Waals surface area (Å²) >= 11 is 0. The number of rotatable bonds is 4. The molecule has 2 aliphatic rings. The van der Waals surface area contributed by atoms with E-state index in [1.165, 1.54) is 12.8 Å². The third-order valence-electron chi connectivity index (χ3n) is 3.95. The minimum Gasteiger partial charge on any atom is -0.381 e. The molecule has 0 aromatic rings. The molecule has 112 valence electrons. The standard InChI is InChI=1S/C13H25N3O2.ClH/c14-9-12-3-1-2-6-16(12)10-13(17)15-11-4-7-18-8-5-11;/h11-12H,1-10,14H2,(H,15,17);1H. The van der Waals surface area contributed by atoms with Crippen LogP contribution in [0, 0.1) is 0 Å². The second-order valence-corrected chi connectivity index (χ2v) is 5.31. The molecule has 0 aromatic carbocycles. The molecule has 1 amide bonds. The Balaban J connectivity index is 0.00000180. The highest BCUT2D eigenvalue weighted by Gasteiger charge is 2.24. The van der Waals surface area contributed by atoms with Crippen LogP contribution in [0.3, 0.4) is 0 Å². The third-order valence-corrected chi connectivity index (χ3v) is 3.95. The van der Waals surface area contributed by atoms with Gasteiger partial charge >= 0.3 is 0 Å². The summed E-state index contributed by atoms with van der Waals surface area (Å²) in [6.45, 7) is 3.69. The van der Waals surface area contributed by atoms with Crippen LogP contribution in [0.2, 0.25) is 0 Å². The summed E-state index contributed by atoms with van der Waals surface area (Å²) in [4.78, 5) is 14.2. The van der Waals surface area contributed by atoms with Crippen LogP contribution in [0.5, 0.6) is 0 Å². The van der Waals surface area contributed by atoms with Gasteiger partial charge in [0.25, 0.3) is 0 Å². The van der Waals surface area contributed by atoms with Gasteiger partial charge in [0, 0.05) is 31.8 Å². The van der Waals surface area contributed by atoms with Gasteiger partial charge in [0.15, 0.2) is 0 Å². The first-order valence-corrected chi connectivity index (χ1v) is 7.11. The van der Waals surface area contributed by atoms with Gasteiger partial charge in [0.2, 0.25) is 5.91 Å². The maximum Gasteiger partial charge on any atom is 0.234 e. The first-order chi connectivity index (χ1) is 8.79. The zero-order valence-electron chi connectivity index (χ0n) is 11.5. The maximum absolute atomic E-state index is 12.0. The number of nitrogens with one attached hydrogen (secondary N) is 1. The average Bonchev–Trinajstić information content (AvgIpc) is 2.40. The second-order valence-electron chi connectivity index (χ2n) is 5.31. The van der Waals surface area contributed by atoms with E-state index in [2.05, 4.69) is 10.2 Å². The van der Waals surface area contributed by atoms with Crippen molar-refractivity contribution in [3.63, 3.8) is 0 Å². The van der Waals surface area contributed by atoms with E-state index in [1.54, 1.807) is 0 Å². The van der Waals surface area contributed by atoms with Crippen LogP contribution in [0.1, 0.15) is 32.1 Å². The molecule has 2 heterocycles. The Morgan fingerprint density at radius 2 is 2.00 bits per heavy atom. The first kappa shape index (κ1) is 16.7. The Labute approximate surface area is 121 Å². The first-order valence-electron chi connectivity index (χ1n) is 7.11. The van der Waals surface area contributed by atoms with E-state index in [0.29, 0.717) is 25.2 Å². The number of carbonyl (C=O) groups excluding carboxylic acids is 1. The molecular formula is C13H26ClN3O2. The Kier molecular flexibility index (Phi) is 7.68. The lowest BCUT2D eigenvalue weighted by molar-refractivity contribution is -0.124. The molecule has 5 nitrogen and oxygen atoms in total. The molecule has 0 spiro atoms. The zero-order valence-corrected chi connectivity index (χ0v) is 12.3. The number of ether oxygens (including phenoxy) is 1. The largest absolute Gasteiger partial charge is 0.381 e. The van der Waals surface area contributed by atoms with Gasteiger partial charge in [-0.15, -0.1) is 12.4 Å². The molecule has 2 aliphatic heterocycles. The number of nitrogens with zero attached hydrogens (tertiary/aromatic N) is 1. The van der Waals surface area contributed by atoms with E-state index >= 15 is 0 Å². The van der Waals surface area contributed by atoms with E-state index in [0.717, 1.165) is 39.0 Å². The van der Waals surface area contributed by atoms with Crippen LogP contribution < -0.4 is 11.1 Å². The fourth-order valence-electron chi connectivity index (χ4n) is 2.83. The number of hydrogen-bond acceptors (Lipinski definition) is 4. The van der Waals surface area contributed by atoms with E-state index in [-0.39, 0.29) is 18.3 Å². The topological polar surface area (TPSA) is 67.6 Å². The quantitative estimate of drug-likeness (QED) is 0.792. The van der Waals surface area contributed by atoms with E-state index in [4.69, 9.17) is 10.5 Å². The Bertz CT molecular complexity index is 273. The lowest BCUT2D eigenvalue weighted by Crippen LogP contribution is -2.50. The SMILES string of the molecule is Cl.NCC1CCCCN1CC(=O)NC1CCOCC1. The van der Waals surface area contributed by atoms with Gasteiger partial charge in [-0.3, -0.25) is 9.69 Å². The van der Waals surface area contributed by atoms with Crippen molar-refractivity contribution < 1.29 is 9.53 Å². The predicted octanol–water partition coefficient (Wildman–Crippen LogP) is 0.517. The van der Waals surface area contributed by atoms with Crippen molar-refractivity contribution >= 4 is 18.3 Å². The van der Waals surface area contributed by atoms with Gasteiger partial charge in [-0.1, -0.05) is 6.42 Å². The Hall–Kier alpha value is -0.360. The summed E-state index contributed by atoms with van der Waals surface area (Å²) in [5.74, 6) is 0.141. The number of halogens is 1. The van der Waals surface area contributed by atoms with Crippen molar-refractivity contribution in [2.24, 2.45) is 5.73 Å². The molecule has 1 atom stereocenters. The molecule has 19 heavy (non-hydrogen) atoms. The highest BCUT2D eigenvalue weighted by Crippen LogP contribution is 2.15. The van der Waals surface area contributed by atoms with Crippen LogP contribution in [0.4, 0.5) is 0 Å². The minimum atomic E-state index is 0. The highest BCUT2D eigenvalue weighted by atomic mass is 35.5. The van der Waals surface area contributed by atoms with Crippen molar-refractivity contribution in [3.05, 3.63) is 0 Å². The number of amides is 1. The van der Waals surface area contributed by atoms with Crippen LogP contribution in [0.25, 0.3) is 0 Å². The molecule has 2 saturated heterocycles. The number of nitrogens with two attached hydrogens (primary N) is 1. The van der Waals surface area contributed by atoms with Crippen molar-refractivity contribution in [2.45, 2.75) is 44.2 Å². The summed E-state index contributed by atoms with van der Waals surface area (Å²) in [5.41, 5.74) is 5.76. The normalized spacial score (nSPS) is 25.6. The van der Waals surface area contributed by atoms with Crippen LogP contribution in [0.15, 0.2) is 0 Å². The van der Waals surface area contributed by atoms with Gasteiger partial charge in [0.05, 0.1) is 6.54 Å². The third kappa shape index (κ3) is 5.26. The smallest absolute Gasteiger partial charge is 0.234 e. The van der Waals surface area contributed by atoms with Gasteiger partial charge in [0.1, 0.15) is 0 Å². The van der Waals surface area contributed by atoms with Crippen LogP contribution in [-0.4, -0.2) is 55.7 Å². The molecule has 1 unspecified atom stereocenters. The van der Waals surface area contributed by atoms with Crippen LogP contribution in [-0.2, 0) is 9.53 Å². The number of likely N-dealkylation sites (tertiary alicyclic amines) is 1. The highest BCUT2D eigenvalue weighted by molar-refractivity contribution is 5.85. The van der Waals surface area contributed by atoms with Gasteiger partial charge in [-0.05, 0) is 32.2 Å². The molecule has 0 aromatic heterocycles. The molecule has 0 aliphatic carbocycles. The molecule has 0 radical (unpaired) electrons. The summed E-state index contributed by atoms with van der Waals surface area (Å²) in [5, 5.41) is 3.11. The monoisotopic (exact) mass is 291 g/mol. The van der Waals surface area contributed by atoms with E-state index in [1.807, 2.05) is 0 Å². The number of piperidine rings is 1. The van der Waals surface area contributed by atoms with Gasteiger partial charge in [-0.2, -0.15) is 0 Å². The van der Waals surface area contributed by atoms with Crippen molar-refractivity contribution in [3.8, 4) is 0 Å². The molecule has 6 heteroatoms. The molecule has 0 bridgehead atoms. The van der Waals surface area contributed by atoms with Crippen molar-refractivity contribution in [1.82, 2.24) is 10.2 Å². The van der Waals surface area contributed by atoms with Crippen molar-refractivity contribution in [2.75, 3.05) is 32.8 Å². The van der Waals surface area contributed by atoms with Crippen molar-refractivity contribution in [1.29, 1.82) is 0 Å². The average molecular weight is 292 g/mol. The molecule has 2 rings (SSSR count). The molecule has 0 saturated carbocycles. The van der Waals surface area contributed by atoms with E-state index in [9.17, 15) is 4.79 Å². The Morgan fingerprint density at radius 1 is 1.26 bits per heavy atom. The molecule has 3 N–H and O–H groups in total. The number of hydrogen-bond donors (Lipinski definition) is 2. The zero-order chi connectivity index (χ0) is 12.8. The summed E-state index contributed by atoms with van der Waals surface area (Å²) in [6, 6.07) is 0.687. The summed E-state index contributed by atoms with van der Waals surface area (Å²) < 4.78 is 5.29. The van der Waals surface area contributed by atoms with Crippen LogP contribution >= 0.6 is 12.4 Å². The van der Waals surface area contributed by atoms with E-state index < -0.39 is 0 Å². The molecular weight excluding hydrogens is 266 g/mol. The Morgan fingerprint density at radius 3 is 2.68 bits per heavy atom. The minimum absolute atomic E-state index is 0. The summed E-state index contributed by atoms with van der Waals surface area (Å²) in [7, 11) is 0. The lowest BCUT2D eigenvalue weighted by atomic mass is 10.0. The van der Waals surface area contributed by atoms with Gasteiger partial charge in [-0.25, -0.2) is 0 Å². The molecule has 2 fully saturated rings. The second kappa shape index (κ2) is 8.74. The fourth-order valence-corrected chi connectivity index (χ4v) is 2.83. The fraction of sp³-hybridized carbons (Fsp3) is 0.923. The lowest BCUT2D eigenvalue weighted by Gasteiger charge is -2.35. The van der Waals surface area contributed by atoms with Gasteiger partial charge < -0.3 is 15.8 Å². The number of carbonyl (C=O) groups is 1. The summed E-state index contributed by atoms with van der Waals surface area (Å²) in [6.07, 6.45) is 5.42. The predicted molar refractivity (Wildman–Crippen MR) is 77.5 cm³/mol. The maximum atomic E-state index is 12.0.